The van der Waals surface area contributed by atoms with E-state index < -0.39 is 6.04 Å². The van der Waals surface area contributed by atoms with E-state index in [9.17, 15) is 9.59 Å². The molecule has 0 aromatic heterocycles. The van der Waals surface area contributed by atoms with Crippen LogP contribution in [0.3, 0.4) is 0 Å². The first-order chi connectivity index (χ1) is 14.4. The van der Waals surface area contributed by atoms with Gasteiger partial charge in [0.05, 0.1) is 15.8 Å². The van der Waals surface area contributed by atoms with Crippen molar-refractivity contribution in [3.05, 3.63) is 68.7 Å². The highest BCUT2D eigenvalue weighted by molar-refractivity contribution is 7.99. The number of carbonyl (C=O) groups is 2. The predicted molar refractivity (Wildman–Crippen MR) is 127 cm³/mol. The quantitative estimate of drug-likeness (QED) is 0.459. The molecule has 0 saturated carbocycles. The largest absolute Gasteiger partial charge is 0.355 e. The summed E-state index contributed by atoms with van der Waals surface area (Å²) in [6.07, 6.45) is 0.513. The van der Waals surface area contributed by atoms with Gasteiger partial charge in [0.15, 0.2) is 0 Å². The molecule has 0 aliphatic rings. The van der Waals surface area contributed by atoms with Crippen molar-refractivity contribution >= 4 is 58.4 Å². The van der Waals surface area contributed by atoms with Crippen LogP contribution in [0.4, 0.5) is 0 Å². The molecule has 30 heavy (non-hydrogen) atoms. The predicted octanol–water partition coefficient (Wildman–Crippen LogP) is 5.82. The van der Waals surface area contributed by atoms with Gasteiger partial charge in [-0.25, -0.2) is 0 Å². The second-order valence-electron chi connectivity index (χ2n) is 6.67. The van der Waals surface area contributed by atoms with Crippen molar-refractivity contribution in [1.29, 1.82) is 0 Å². The number of benzene rings is 2. The summed E-state index contributed by atoms with van der Waals surface area (Å²) in [6.45, 7) is 4.55. The van der Waals surface area contributed by atoms with E-state index >= 15 is 0 Å². The fourth-order valence-corrected chi connectivity index (χ4v) is 4.36. The van der Waals surface area contributed by atoms with Gasteiger partial charge in [0.2, 0.25) is 11.8 Å². The lowest BCUT2D eigenvalue weighted by atomic mass is 10.1. The van der Waals surface area contributed by atoms with Gasteiger partial charge < -0.3 is 10.2 Å². The van der Waals surface area contributed by atoms with Crippen LogP contribution in [0.25, 0.3) is 0 Å². The van der Waals surface area contributed by atoms with Crippen LogP contribution in [0.2, 0.25) is 15.1 Å². The first kappa shape index (κ1) is 24.9. The highest BCUT2D eigenvalue weighted by atomic mass is 35.5. The van der Waals surface area contributed by atoms with Gasteiger partial charge in [0.25, 0.3) is 0 Å². The molecule has 0 aliphatic carbocycles. The Morgan fingerprint density at radius 3 is 2.40 bits per heavy atom. The van der Waals surface area contributed by atoms with Crippen LogP contribution >= 0.6 is 46.6 Å². The molecule has 0 aliphatic heterocycles. The van der Waals surface area contributed by atoms with Crippen LogP contribution in [-0.4, -0.2) is 35.1 Å². The summed E-state index contributed by atoms with van der Waals surface area (Å²) >= 11 is 19.8. The zero-order valence-corrected chi connectivity index (χ0v) is 20.0. The summed E-state index contributed by atoms with van der Waals surface area (Å²) in [7, 11) is 0. The fraction of sp³-hybridized carbons (Fsp3) is 0.364. The molecular weight excluding hydrogens is 463 g/mol. The first-order valence-electron chi connectivity index (χ1n) is 9.69. The van der Waals surface area contributed by atoms with Gasteiger partial charge in [0, 0.05) is 23.9 Å². The van der Waals surface area contributed by atoms with E-state index in [1.54, 1.807) is 23.1 Å². The molecule has 0 spiro atoms. The molecule has 0 fully saturated rings. The zero-order chi connectivity index (χ0) is 22.1. The molecule has 0 bridgehead atoms. The molecule has 162 valence electrons. The second kappa shape index (κ2) is 12.5. The molecule has 2 amide bonds. The molecule has 0 saturated heterocycles. The summed E-state index contributed by atoms with van der Waals surface area (Å²) in [5.74, 6) is 0.578. The van der Waals surface area contributed by atoms with Crippen LogP contribution in [0.1, 0.15) is 31.4 Å². The van der Waals surface area contributed by atoms with Gasteiger partial charge in [-0.3, -0.25) is 9.59 Å². The molecule has 8 heteroatoms. The van der Waals surface area contributed by atoms with E-state index in [4.69, 9.17) is 34.8 Å². The Morgan fingerprint density at radius 2 is 1.77 bits per heavy atom. The zero-order valence-electron chi connectivity index (χ0n) is 17.0. The number of amides is 2. The minimum absolute atomic E-state index is 0.113. The molecule has 0 heterocycles. The number of nitrogens with one attached hydrogen (secondary N) is 1. The van der Waals surface area contributed by atoms with Crippen LogP contribution < -0.4 is 5.32 Å². The van der Waals surface area contributed by atoms with Crippen molar-refractivity contribution in [2.75, 3.05) is 12.3 Å². The number of thioether (sulfide) groups is 1. The van der Waals surface area contributed by atoms with Crippen LogP contribution in [0, 0.1) is 0 Å². The van der Waals surface area contributed by atoms with Gasteiger partial charge in [-0.15, -0.1) is 11.8 Å². The molecule has 2 aromatic carbocycles. The van der Waals surface area contributed by atoms with E-state index in [0.717, 1.165) is 11.1 Å². The Morgan fingerprint density at radius 1 is 1.03 bits per heavy atom. The topological polar surface area (TPSA) is 49.4 Å². The number of rotatable bonds is 10. The number of halogens is 3. The van der Waals surface area contributed by atoms with Crippen molar-refractivity contribution in [1.82, 2.24) is 10.2 Å². The van der Waals surface area contributed by atoms with Crippen molar-refractivity contribution in [3.63, 3.8) is 0 Å². The number of nitrogens with zero attached hydrogens (tertiary/aromatic N) is 1. The monoisotopic (exact) mass is 486 g/mol. The van der Waals surface area contributed by atoms with Crippen LogP contribution in [0.5, 0.6) is 0 Å². The minimum Gasteiger partial charge on any atom is -0.355 e. The Bertz CT molecular complexity index is 879. The maximum atomic E-state index is 13.1. The molecule has 0 unspecified atom stereocenters. The Hall–Kier alpha value is -1.40. The van der Waals surface area contributed by atoms with E-state index in [-0.39, 0.29) is 24.1 Å². The average Bonchev–Trinajstić information content (AvgIpc) is 2.72. The summed E-state index contributed by atoms with van der Waals surface area (Å²) in [5, 5.41) is 4.39. The van der Waals surface area contributed by atoms with Gasteiger partial charge in [0.1, 0.15) is 6.04 Å². The summed E-state index contributed by atoms with van der Waals surface area (Å²) in [4.78, 5) is 27.3. The van der Waals surface area contributed by atoms with Crippen molar-refractivity contribution in [2.45, 2.75) is 38.6 Å². The molecule has 0 radical (unpaired) electrons. The highest BCUT2D eigenvalue weighted by Crippen LogP contribution is 2.25. The number of hydrogen-bond donors (Lipinski definition) is 1. The average molecular weight is 488 g/mol. The standard InChI is InChI=1S/C22H25Cl3N2O2S/c1-3-20(22(29)26-4-2)27(12-16-7-5-6-8-17(16)23)21(28)14-30-13-15-9-10-18(24)19(25)11-15/h5-11,20H,3-4,12-14H2,1-2H3,(H,26,29)/t20-/m1/s1. The molecule has 1 atom stereocenters. The van der Waals surface area contributed by atoms with Crippen LogP contribution in [-0.2, 0) is 21.9 Å². The van der Waals surface area contributed by atoms with E-state index in [2.05, 4.69) is 5.32 Å². The number of likely N-dealkylation sites (N-methyl/N-ethyl adjacent to an activating group) is 1. The lowest BCUT2D eigenvalue weighted by Gasteiger charge is -2.30. The summed E-state index contributed by atoms with van der Waals surface area (Å²) < 4.78 is 0. The molecular formula is C22H25Cl3N2O2S. The number of carbonyl (C=O) groups excluding carboxylic acids is 2. The smallest absolute Gasteiger partial charge is 0.242 e. The second-order valence-corrected chi connectivity index (χ2v) is 8.88. The normalized spacial score (nSPS) is 11.8. The lowest BCUT2D eigenvalue weighted by molar-refractivity contribution is -0.139. The van der Waals surface area contributed by atoms with Crippen molar-refractivity contribution < 1.29 is 9.59 Å². The SMILES string of the molecule is CCNC(=O)[C@@H](CC)N(Cc1ccccc1Cl)C(=O)CSCc1ccc(Cl)c(Cl)c1. The molecule has 2 rings (SSSR count). The molecule has 1 N–H and O–H groups in total. The summed E-state index contributed by atoms with van der Waals surface area (Å²) in [6, 6.07) is 12.2. The maximum absolute atomic E-state index is 13.1. The lowest BCUT2D eigenvalue weighted by Crippen LogP contribution is -2.49. The van der Waals surface area contributed by atoms with E-state index in [1.165, 1.54) is 11.8 Å². The van der Waals surface area contributed by atoms with Gasteiger partial charge in [-0.1, -0.05) is 66.0 Å². The maximum Gasteiger partial charge on any atom is 0.242 e. The Labute approximate surface area is 197 Å². The van der Waals surface area contributed by atoms with Gasteiger partial charge in [-0.05, 0) is 42.7 Å². The summed E-state index contributed by atoms with van der Waals surface area (Å²) in [5.41, 5.74) is 1.79. The molecule has 4 nitrogen and oxygen atoms in total. The highest BCUT2D eigenvalue weighted by Gasteiger charge is 2.28. The van der Waals surface area contributed by atoms with Gasteiger partial charge in [-0.2, -0.15) is 0 Å². The molecule has 2 aromatic rings. The van der Waals surface area contributed by atoms with Crippen molar-refractivity contribution in [3.8, 4) is 0 Å². The Kier molecular flexibility index (Phi) is 10.3. The van der Waals surface area contributed by atoms with Crippen molar-refractivity contribution in [2.24, 2.45) is 0 Å². The third-order valence-electron chi connectivity index (χ3n) is 4.51. The third-order valence-corrected chi connectivity index (χ3v) is 6.61. The third kappa shape index (κ3) is 7.09. The number of hydrogen-bond acceptors (Lipinski definition) is 3. The minimum atomic E-state index is -0.556. The van der Waals surface area contributed by atoms with Crippen LogP contribution in [0.15, 0.2) is 42.5 Å². The van der Waals surface area contributed by atoms with E-state index in [0.29, 0.717) is 33.8 Å². The first-order valence-corrected chi connectivity index (χ1v) is 12.0. The fourth-order valence-electron chi connectivity index (χ4n) is 2.99. The Balaban J connectivity index is 2.13. The van der Waals surface area contributed by atoms with E-state index in [1.807, 2.05) is 38.1 Å². The van der Waals surface area contributed by atoms with Gasteiger partial charge >= 0.3 is 0 Å².